The summed E-state index contributed by atoms with van der Waals surface area (Å²) in [5, 5.41) is 6.62. The van der Waals surface area contributed by atoms with Gasteiger partial charge in [-0.25, -0.2) is 4.99 Å². The van der Waals surface area contributed by atoms with Gasteiger partial charge in [0.2, 0.25) is 0 Å². The highest BCUT2D eigenvalue weighted by molar-refractivity contribution is 5.79. The van der Waals surface area contributed by atoms with E-state index in [1.54, 1.807) is 13.3 Å². The second-order valence-electron chi connectivity index (χ2n) is 5.51. The van der Waals surface area contributed by atoms with Crippen molar-refractivity contribution in [3.63, 3.8) is 0 Å². The fourth-order valence-electron chi connectivity index (χ4n) is 2.41. The largest absolute Gasteiger partial charge is 0.496 e. The lowest BCUT2D eigenvalue weighted by Crippen LogP contribution is -2.38. The van der Waals surface area contributed by atoms with E-state index in [0.29, 0.717) is 6.54 Å². The Hall–Kier alpha value is -2.56. The Bertz CT molecular complexity index is 656. The molecule has 0 bridgehead atoms. The first kappa shape index (κ1) is 17.8. The molecule has 24 heavy (non-hydrogen) atoms. The van der Waals surface area contributed by atoms with Crippen molar-refractivity contribution in [3.05, 3.63) is 59.4 Å². The smallest absolute Gasteiger partial charge is 0.191 e. The monoisotopic (exact) mass is 326 g/mol. The second-order valence-corrected chi connectivity index (χ2v) is 5.51. The van der Waals surface area contributed by atoms with Crippen LogP contribution in [0.15, 0.2) is 47.6 Å². The van der Waals surface area contributed by atoms with Crippen molar-refractivity contribution in [1.82, 2.24) is 15.6 Å². The van der Waals surface area contributed by atoms with Gasteiger partial charge < -0.3 is 15.4 Å². The summed E-state index contributed by atoms with van der Waals surface area (Å²) in [4.78, 5) is 8.87. The number of nitrogens with zero attached hydrogens (tertiary/aromatic N) is 2. The van der Waals surface area contributed by atoms with Gasteiger partial charge in [-0.3, -0.25) is 4.98 Å². The van der Waals surface area contributed by atoms with Gasteiger partial charge in [0, 0.05) is 19.3 Å². The van der Waals surface area contributed by atoms with Gasteiger partial charge in [0.1, 0.15) is 5.75 Å². The van der Waals surface area contributed by atoms with Crippen LogP contribution in [0.25, 0.3) is 0 Å². The van der Waals surface area contributed by atoms with E-state index in [9.17, 15) is 0 Å². The van der Waals surface area contributed by atoms with Crippen molar-refractivity contribution in [2.45, 2.75) is 26.8 Å². The molecule has 0 aliphatic carbocycles. The van der Waals surface area contributed by atoms with Gasteiger partial charge in [-0.1, -0.05) is 23.8 Å². The highest BCUT2D eigenvalue weighted by Gasteiger charge is 2.04. The zero-order chi connectivity index (χ0) is 17.2. The minimum Gasteiger partial charge on any atom is -0.496 e. The Morgan fingerprint density at radius 1 is 1.21 bits per heavy atom. The van der Waals surface area contributed by atoms with Gasteiger partial charge in [-0.15, -0.1) is 0 Å². The first-order valence-corrected chi connectivity index (χ1v) is 8.28. The lowest BCUT2D eigenvalue weighted by atomic mass is 10.1. The molecule has 1 aromatic carbocycles. The molecule has 0 atom stereocenters. The molecular weight excluding hydrogens is 300 g/mol. The van der Waals surface area contributed by atoms with E-state index in [4.69, 9.17) is 4.74 Å². The molecule has 0 saturated heterocycles. The maximum Gasteiger partial charge on any atom is 0.191 e. The minimum atomic E-state index is 0.559. The Kier molecular flexibility index (Phi) is 7.08. The normalized spacial score (nSPS) is 11.2. The standard InChI is InChI=1S/C19H26N4O/c1-4-20-19(23-14-17-7-5-6-11-21-17)22-12-10-16-13-15(2)8-9-18(16)24-3/h5-9,11,13H,4,10,12,14H2,1-3H3,(H2,20,22,23). The summed E-state index contributed by atoms with van der Waals surface area (Å²) < 4.78 is 5.43. The van der Waals surface area contributed by atoms with Crippen LogP contribution in [0.2, 0.25) is 0 Å². The molecule has 0 radical (unpaired) electrons. The SMILES string of the molecule is CCNC(=NCc1ccccn1)NCCc1cc(C)ccc1OC. The van der Waals surface area contributed by atoms with Gasteiger partial charge >= 0.3 is 0 Å². The number of aliphatic imine (C=N–C) groups is 1. The lowest BCUT2D eigenvalue weighted by molar-refractivity contribution is 0.409. The number of aryl methyl sites for hydroxylation is 1. The molecule has 0 saturated carbocycles. The van der Waals surface area contributed by atoms with E-state index in [1.165, 1.54) is 11.1 Å². The summed E-state index contributed by atoms with van der Waals surface area (Å²) >= 11 is 0. The van der Waals surface area contributed by atoms with E-state index in [-0.39, 0.29) is 0 Å². The summed E-state index contributed by atoms with van der Waals surface area (Å²) in [6.45, 7) is 6.32. The van der Waals surface area contributed by atoms with E-state index in [1.807, 2.05) is 24.3 Å². The Balaban J connectivity index is 1.93. The third-order valence-corrected chi connectivity index (χ3v) is 3.59. The van der Waals surface area contributed by atoms with Crippen LogP contribution in [0.4, 0.5) is 0 Å². The lowest BCUT2D eigenvalue weighted by Gasteiger charge is -2.13. The summed E-state index contributed by atoms with van der Waals surface area (Å²) in [5.41, 5.74) is 3.39. The zero-order valence-electron chi connectivity index (χ0n) is 14.7. The van der Waals surface area contributed by atoms with Gasteiger partial charge in [0.05, 0.1) is 19.3 Å². The van der Waals surface area contributed by atoms with Gasteiger partial charge in [-0.05, 0) is 44.0 Å². The molecule has 2 N–H and O–H groups in total. The van der Waals surface area contributed by atoms with E-state index < -0.39 is 0 Å². The van der Waals surface area contributed by atoms with Gasteiger partial charge in [-0.2, -0.15) is 0 Å². The molecule has 0 unspecified atom stereocenters. The van der Waals surface area contributed by atoms with Crippen LogP contribution in [-0.4, -0.2) is 31.1 Å². The Morgan fingerprint density at radius 2 is 2.08 bits per heavy atom. The predicted octanol–water partition coefficient (Wildman–Crippen LogP) is 2.70. The predicted molar refractivity (Wildman–Crippen MR) is 98.5 cm³/mol. The van der Waals surface area contributed by atoms with Crippen LogP contribution in [0.1, 0.15) is 23.7 Å². The summed E-state index contributed by atoms with van der Waals surface area (Å²) in [5.74, 6) is 1.73. The summed E-state index contributed by atoms with van der Waals surface area (Å²) in [6.07, 6.45) is 2.66. The van der Waals surface area contributed by atoms with Crippen molar-refractivity contribution >= 4 is 5.96 Å². The Morgan fingerprint density at radius 3 is 2.79 bits per heavy atom. The number of aromatic nitrogens is 1. The summed E-state index contributed by atoms with van der Waals surface area (Å²) in [6, 6.07) is 12.1. The molecule has 0 aliphatic heterocycles. The maximum atomic E-state index is 5.43. The quantitative estimate of drug-likeness (QED) is 0.607. The Labute approximate surface area is 144 Å². The number of ether oxygens (including phenoxy) is 1. The number of benzene rings is 1. The molecule has 1 aromatic heterocycles. The van der Waals surface area contributed by atoms with Gasteiger partial charge in [0.25, 0.3) is 0 Å². The third kappa shape index (κ3) is 5.57. The van der Waals surface area contributed by atoms with Crippen LogP contribution in [0.3, 0.4) is 0 Å². The average molecular weight is 326 g/mol. The van der Waals surface area contributed by atoms with Crippen molar-refractivity contribution in [1.29, 1.82) is 0 Å². The van der Waals surface area contributed by atoms with E-state index in [2.05, 4.69) is 46.6 Å². The molecule has 1 heterocycles. The molecule has 0 fully saturated rings. The fourth-order valence-corrected chi connectivity index (χ4v) is 2.41. The fraction of sp³-hybridized carbons (Fsp3) is 0.368. The number of pyridine rings is 1. The number of hydrogen-bond acceptors (Lipinski definition) is 3. The van der Waals surface area contributed by atoms with E-state index in [0.717, 1.165) is 36.9 Å². The topological polar surface area (TPSA) is 58.5 Å². The number of nitrogens with one attached hydrogen (secondary N) is 2. The highest BCUT2D eigenvalue weighted by atomic mass is 16.5. The number of methoxy groups -OCH3 is 1. The molecule has 128 valence electrons. The molecule has 2 rings (SSSR count). The molecule has 0 amide bonds. The van der Waals surface area contributed by atoms with Crippen molar-refractivity contribution < 1.29 is 4.74 Å². The van der Waals surface area contributed by atoms with Crippen LogP contribution < -0.4 is 15.4 Å². The first-order chi connectivity index (χ1) is 11.7. The highest BCUT2D eigenvalue weighted by Crippen LogP contribution is 2.19. The van der Waals surface area contributed by atoms with E-state index >= 15 is 0 Å². The van der Waals surface area contributed by atoms with Crippen LogP contribution in [-0.2, 0) is 13.0 Å². The number of hydrogen-bond donors (Lipinski definition) is 2. The zero-order valence-corrected chi connectivity index (χ0v) is 14.7. The second kappa shape index (κ2) is 9.55. The summed E-state index contributed by atoms with van der Waals surface area (Å²) in [7, 11) is 1.71. The van der Waals surface area contributed by atoms with Crippen molar-refractivity contribution in [3.8, 4) is 5.75 Å². The molecular formula is C19H26N4O. The third-order valence-electron chi connectivity index (χ3n) is 3.59. The van der Waals surface area contributed by atoms with Crippen LogP contribution >= 0.6 is 0 Å². The number of rotatable bonds is 7. The molecule has 5 nitrogen and oxygen atoms in total. The average Bonchev–Trinajstić information content (AvgIpc) is 2.61. The van der Waals surface area contributed by atoms with Crippen molar-refractivity contribution in [2.24, 2.45) is 4.99 Å². The maximum absolute atomic E-state index is 5.43. The first-order valence-electron chi connectivity index (χ1n) is 8.28. The van der Waals surface area contributed by atoms with Crippen LogP contribution in [0.5, 0.6) is 5.75 Å². The van der Waals surface area contributed by atoms with Crippen molar-refractivity contribution in [2.75, 3.05) is 20.2 Å². The molecule has 5 heteroatoms. The minimum absolute atomic E-state index is 0.559. The van der Waals surface area contributed by atoms with Gasteiger partial charge in [0.15, 0.2) is 5.96 Å². The molecule has 0 aliphatic rings. The van der Waals surface area contributed by atoms with Crippen LogP contribution in [0, 0.1) is 6.92 Å². The molecule has 0 spiro atoms. The molecule has 2 aromatic rings. The number of guanidine groups is 1.